The zero-order chi connectivity index (χ0) is 19.5. The molecule has 2 amide bonds. The Morgan fingerprint density at radius 1 is 0.926 bits per heavy atom. The van der Waals surface area contributed by atoms with E-state index in [0.29, 0.717) is 36.9 Å². The molecule has 0 saturated heterocycles. The molecule has 0 bridgehead atoms. The molecule has 0 aliphatic heterocycles. The van der Waals surface area contributed by atoms with E-state index >= 15 is 0 Å². The molecule has 0 atom stereocenters. The fraction of sp³-hybridized carbons (Fsp3) is 0.300. The third kappa shape index (κ3) is 7.37. The van der Waals surface area contributed by atoms with Crippen LogP contribution < -0.4 is 20.7 Å². The summed E-state index contributed by atoms with van der Waals surface area (Å²) in [7, 11) is 0. The number of para-hydroxylation sites is 2. The van der Waals surface area contributed by atoms with Crippen molar-refractivity contribution >= 4 is 28.9 Å². The second-order valence-corrected chi connectivity index (χ2v) is 5.70. The van der Waals surface area contributed by atoms with Crippen LogP contribution in [0.4, 0.5) is 17.1 Å². The molecule has 0 fully saturated rings. The number of carbonyl (C=O) groups is 2. The van der Waals surface area contributed by atoms with Crippen molar-refractivity contribution in [3.05, 3.63) is 48.5 Å². The average Bonchev–Trinajstić information content (AvgIpc) is 2.65. The lowest BCUT2D eigenvalue weighted by Gasteiger charge is -2.13. The fourth-order valence-electron chi connectivity index (χ4n) is 2.31. The van der Waals surface area contributed by atoms with Gasteiger partial charge in [0.05, 0.1) is 18.8 Å². The Morgan fingerprint density at radius 2 is 1.59 bits per heavy atom. The largest absolute Gasteiger partial charge is 0.489 e. The number of ether oxygens (including phenoxy) is 2. The Bertz CT molecular complexity index is 747. The lowest BCUT2D eigenvalue weighted by atomic mass is 10.2. The number of hydrogen-bond acceptors (Lipinski definition) is 5. The van der Waals surface area contributed by atoms with Crippen molar-refractivity contribution in [1.82, 2.24) is 0 Å². The lowest BCUT2D eigenvalue weighted by Crippen LogP contribution is -2.22. The van der Waals surface area contributed by atoms with E-state index in [-0.39, 0.29) is 18.4 Å². The maximum absolute atomic E-state index is 12.2. The zero-order valence-corrected chi connectivity index (χ0v) is 15.6. The van der Waals surface area contributed by atoms with Gasteiger partial charge in [0.2, 0.25) is 11.8 Å². The molecule has 3 N–H and O–H groups in total. The van der Waals surface area contributed by atoms with Gasteiger partial charge in [-0.05, 0) is 43.3 Å². The van der Waals surface area contributed by atoms with E-state index in [1.807, 2.05) is 31.2 Å². The minimum absolute atomic E-state index is 0.0965. The summed E-state index contributed by atoms with van der Waals surface area (Å²) in [5.74, 6) is 0.342. The highest BCUT2D eigenvalue weighted by Gasteiger charge is 2.06. The molecule has 0 aliphatic carbocycles. The van der Waals surface area contributed by atoms with Crippen LogP contribution in [0.2, 0.25) is 0 Å². The summed E-state index contributed by atoms with van der Waals surface area (Å²) in [4.78, 5) is 23.2. The smallest absolute Gasteiger partial charge is 0.243 e. The topological polar surface area (TPSA) is 88.7 Å². The van der Waals surface area contributed by atoms with Crippen LogP contribution in [0.1, 0.15) is 13.8 Å². The van der Waals surface area contributed by atoms with Gasteiger partial charge in [-0.2, -0.15) is 0 Å². The van der Waals surface area contributed by atoms with Gasteiger partial charge in [-0.1, -0.05) is 12.1 Å². The van der Waals surface area contributed by atoms with Gasteiger partial charge in [0.25, 0.3) is 0 Å². The van der Waals surface area contributed by atoms with Crippen molar-refractivity contribution in [3.8, 4) is 5.75 Å². The molecule has 0 spiro atoms. The second kappa shape index (κ2) is 10.8. The second-order valence-electron chi connectivity index (χ2n) is 5.70. The van der Waals surface area contributed by atoms with E-state index in [9.17, 15) is 9.59 Å². The van der Waals surface area contributed by atoms with Crippen molar-refractivity contribution < 1.29 is 19.1 Å². The van der Waals surface area contributed by atoms with E-state index in [4.69, 9.17) is 9.47 Å². The third-order valence-corrected chi connectivity index (χ3v) is 3.50. The summed E-state index contributed by atoms with van der Waals surface area (Å²) >= 11 is 0. The van der Waals surface area contributed by atoms with Crippen LogP contribution in [0.15, 0.2) is 48.5 Å². The first kappa shape index (κ1) is 20.3. The molecule has 7 heteroatoms. The predicted molar refractivity (Wildman–Crippen MR) is 106 cm³/mol. The number of anilines is 3. The van der Waals surface area contributed by atoms with Crippen LogP contribution in [0.3, 0.4) is 0 Å². The first-order valence-corrected chi connectivity index (χ1v) is 8.79. The van der Waals surface area contributed by atoms with Gasteiger partial charge in [0.1, 0.15) is 12.4 Å². The van der Waals surface area contributed by atoms with Gasteiger partial charge in [-0.15, -0.1) is 0 Å². The Balaban J connectivity index is 1.84. The monoisotopic (exact) mass is 371 g/mol. The SMILES string of the molecule is CCOCCOc1ccccc1NCC(=O)Nc1ccc(NC(C)=O)cc1. The van der Waals surface area contributed by atoms with Crippen molar-refractivity contribution in [2.45, 2.75) is 13.8 Å². The summed E-state index contributed by atoms with van der Waals surface area (Å²) < 4.78 is 10.9. The van der Waals surface area contributed by atoms with E-state index in [1.54, 1.807) is 24.3 Å². The molecule has 2 aromatic rings. The van der Waals surface area contributed by atoms with Crippen molar-refractivity contribution in [1.29, 1.82) is 0 Å². The fourth-order valence-corrected chi connectivity index (χ4v) is 2.31. The van der Waals surface area contributed by atoms with Crippen LogP contribution in [0, 0.1) is 0 Å². The van der Waals surface area contributed by atoms with Gasteiger partial charge in [-0.25, -0.2) is 0 Å². The third-order valence-electron chi connectivity index (χ3n) is 3.50. The predicted octanol–water partition coefficient (Wildman–Crippen LogP) is 3.11. The van der Waals surface area contributed by atoms with Crippen molar-refractivity contribution in [3.63, 3.8) is 0 Å². The molecule has 2 rings (SSSR count). The highest BCUT2D eigenvalue weighted by molar-refractivity contribution is 5.94. The lowest BCUT2D eigenvalue weighted by molar-refractivity contribution is -0.115. The van der Waals surface area contributed by atoms with E-state index < -0.39 is 0 Å². The van der Waals surface area contributed by atoms with Crippen LogP contribution >= 0.6 is 0 Å². The molecule has 27 heavy (non-hydrogen) atoms. The quantitative estimate of drug-likeness (QED) is 0.559. The average molecular weight is 371 g/mol. The van der Waals surface area contributed by atoms with E-state index in [2.05, 4.69) is 16.0 Å². The zero-order valence-electron chi connectivity index (χ0n) is 15.6. The molecule has 0 aromatic heterocycles. The van der Waals surface area contributed by atoms with Crippen LogP contribution in [0.5, 0.6) is 5.75 Å². The van der Waals surface area contributed by atoms with Gasteiger partial charge < -0.3 is 25.4 Å². The number of nitrogens with one attached hydrogen (secondary N) is 3. The maximum Gasteiger partial charge on any atom is 0.243 e. The van der Waals surface area contributed by atoms with Gasteiger partial charge in [0.15, 0.2) is 0 Å². The molecule has 2 aromatic carbocycles. The highest BCUT2D eigenvalue weighted by atomic mass is 16.5. The Kier molecular flexibility index (Phi) is 8.12. The molecule has 0 heterocycles. The van der Waals surface area contributed by atoms with Crippen LogP contribution in [-0.4, -0.2) is 38.2 Å². The minimum Gasteiger partial charge on any atom is -0.489 e. The van der Waals surface area contributed by atoms with Crippen molar-refractivity contribution in [2.24, 2.45) is 0 Å². The maximum atomic E-state index is 12.2. The minimum atomic E-state index is -0.189. The summed E-state index contributed by atoms with van der Waals surface area (Å²) in [5.41, 5.74) is 2.07. The number of benzene rings is 2. The first-order chi connectivity index (χ1) is 13.1. The normalized spacial score (nSPS) is 10.1. The van der Waals surface area contributed by atoms with Gasteiger partial charge in [-0.3, -0.25) is 9.59 Å². The molecule has 0 saturated carbocycles. The van der Waals surface area contributed by atoms with Gasteiger partial charge in [0, 0.05) is 24.9 Å². The summed E-state index contributed by atoms with van der Waals surface area (Å²) in [6, 6.07) is 14.4. The molecular weight excluding hydrogens is 346 g/mol. The Morgan fingerprint density at radius 3 is 2.26 bits per heavy atom. The molecule has 0 aliphatic rings. The van der Waals surface area contributed by atoms with Crippen LogP contribution in [-0.2, 0) is 14.3 Å². The molecular formula is C20H25N3O4. The summed E-state index contributed by atoms with van der Waals surface area (Å²) in [5, 5.41) is 8.55. The number of hydrogen-bond donors (Lipinski definition) is 3. The Labute approximate surface area is 159 Å². The molecule has 7 nitrogen and oxygen atoms in total. The first-order valence-electron chi connectivity index (χ1n) is 8.79. The molecule has 0 radical (unpaired) electrons. The summed E-state index contributed by atoms with van der Waals surface area (Å²) in [6.07, 6.45) is 0. The van der Waals surface area contributed by atoms with Gasteiger partial charge >= 0.3 is 0 Å². The van der Waals surface area contributed by atoms with E-state index in [1.165, 1.54) is 6.92 Å². The standard InChI is InChI=1S/C20H25N3O4/c1-3-26-12-13-27-19-7-5-4-6-18(19)21-14-20(25)23-17-10-8-16(9-11-17)22-15(2)24/h4-11,21H,3,12-14H2,1-2H3,(H,22,24)(H,23,25). The van der Waals surface area contributed by atoms with Crippen LogP contribution in [0.25, 0.3) is 0 Å². The van der Waals surface area contributed by atoms with Crippen molar-refractivity contribution in [2.75, 3.05) is 42.3 Å². The Hall–Kier alpha value is -3.06. The number of carbonyl (C=O) groups excluding carboxylic acids is 2. The number of rotatable bonds is 10. The highest BCUT2D eigenvalue weighted by Crippen LogP contribution is 2.23. The molecule has 0 unspecified atom stereocenters. The number of amides is 2. The summed E-state index contributed by atoms with van der Waals surface area (Å²) in [6.45, 7) is 5.08. The molecule has 144 valence electrons. The van der Waals surface area contributed by atoms with E-state index in [0.717, 1.165) is 5.69 Å².